The van der Waals surface area contributed by atoms with E-state index in [1.807, 2.05) is 24.4 Å². The smallest absolute Gasteiger partial charge is 0.157 e. The minimum absolute atomic E-state index is 0.0157. The fourth-order valence-corrected chi connectivity index (χ4v) is 4.68. The predicted molar refractivity (Wildman–Crippen MR) is 167 cm³/mol. The maximum Gasteiger partial charge on any atom is 0.157 e. The third-order valence-corrected chi connectivity index (χ3v) is 7.50. The molecule has 39 heavy (non-hydrogen) atoms. The molecule has 1 N–H and O–H groups in total. The summed E-state index contributed by atoms with van der Waals surface area (Å²) in [5, 5.41) is 0. The van der Waals surface area contributed by atoms with Gasteiger partial charge in [0.15, 0.2) is 5.82 Å². The van der Waals surface area contributed by atoms with Crippen molar-refractivity contribution in [3.05, 3.63) is 83.0 Å². The lowest BCUT2D eigenvalue weighted by molar-refractivity contribution is 0.568. The van der Waals surface area contributed by atoms with Gasteiger partial charge in [-0.25, -0.2) is 4.98 Å². The summed E-state index contributed by atoms with van der Waals surface area (Å²) in [6, 6.07) is 20.1. The lowest BCUT2D eigenvalue weighted by Crippen LogP contribution is -2.17. The van der Waals surface area contributed by atoms with Crippen molar-refractivity contribution < 1.29 is 0 Å². The van der Waals surface area contributed by atoms with Crippen LogP contribution in [-0.2, 0) is 21.7 Å². The van der Waals surface area contributed by atoms with E-state index in [0.717, 1.165) is 34.0 Å². The van der Waals surface area contributed by atoms with Crippen LogP contribution in [0.1, 0.15) is 105 Å². The lowest BCUT2D eigenvalue weighted by atomic mass is 9.78. The minimum atomic E-state index is 0.0157. The Labute approximate surface area is 236 Å². The zero-order valence-corrected chi connectivity index (χ0v) is 26.2. The molecule has 206 valence electrons. The van der Waals surface area contributed by atoms with Crippen LogP contribution in [-0.4, -0.2) is 15.0 Å². The van der Waals surface area contributed by atoms with Crippen LogP contribution in [0.2, 0.25) is 0 Å². The van der Waals surface area contributed by atoms with Crippen LogP contribution in [0, 0.1) is 0 Å². The van der Waals surface area contributed by atoms with E-state index in [1.54, 1.807) is 0 Å². The van der Waals surface area contributed by atoms with Gasteiger partial charge in [-0.05, 0) is 80.3 Å². The molecular formula is C36H47N3. The van der Waals surface area contributed by atoms with E-state index in [0.29, 0.717) is 0 Å². The van der Waals surface area contributed by atoms with Crippen LogP contribution in [0.25, 0.3) is 34.0 Å². The molecule has 3 heteroatoms. The summed E-state index contributed by atoms with van der Waals surface area (Å²) in [4.78, 5) is 13.6. The summed E-state index contributed by atoms with van der Waals surface area (Å²) in [5.74, 6) is 0.789. The van der Waals surface area contributed by atoms with Gasteiger partial charge >= 0.3 is 0 Å². The molecule has 0 aliphatic rings. The number of nitrogens with one attached hydrogen (secondary N) is 1. The van der Waals surface area contributed by atoms with Crippen LogP contribution >= 0.6 is 0 Å². The van der Waals surface area contributed by atoms with Gasteiger partial charge in [0.2, 0.25) is 0 Å². The van der Waals surface area contributed by atoms with Crippen molar-refractivity contribution in [1.29, 1.82) is 0 Å². The molecule has 0 bridgehead atoms. The number of aromatic nitrogens is 3. The second-order valence-electron chi connectivity index (χ2n) is 15.1. The van der Waals surface area contributed by atoms with Gasteiger partial charge in [-0.2, -0.15) is 0 Å². The first kappa shape index (κ1) is 28.8. The third-order valence-electron chi connectivity index (χ3n) is 7.50. The van der Waals surface area contributed by atoms with E-state index in [-0.39, 0.29) is 21.7 Å². The van der Waals surface area contributed by atoms with E-state index >= 15 is 0 Å². The van der Waals surface area contributed by atoms with Gasteiger partial charge in [0.25, 0.3) is 0 Å². The van der Waals surface area contributed by atoms with E-state index in [4.69, 9.17) is 4.98 Å². The number of hydrogen-bond acceptors (Lipinski definition) is 2. The van der Waals surface area contributed by atoms with Gasteiger partial charge in [0, 0.05) is 17.3 Å². The number of aromatic amines is 1. The Morgan fingerprint density at radius 2 is 0.974 bits per heavy atom. The number of H-pyrrole nitrogens is 1. The first-order valence-electron chi connectivity index (χ1n) is 14.2. The molecule has 0 spiro atoms. The van der Waals surface area contributed by atoms with Crippen molar-refractivity contribution in [1.82, 2.24) is 15.0 Å². The SMILES string of the molecule is CC(C)(C)c1cc(-c2nc(-c3ccccn3)[nH]c2-c2cc(C(C)(C)C)cc(C(C)(C)C)c2)cc(C(C)(C)C)c1. The standard InChI is InChI=1S/C36H47N3/c1-33(2,3)25-17-23(18-26(21-25)34(4,5)6)30-31(39-32(38-30)29-15-13-14-16-37-29)24-19-27(35(7,8)9)22-28(20-24)36(10,11)12/h13-22H,1-12H3,(H,38,39). The molecule has 0 unspecified atom stereocenters. The number of hydrogen-bond donors (Lipinski definition) is 1. The van der Waals surface area contributed by atoms with Crippen LogP contribution in [0.3, 0.4) is 0 Å². The van der Waals surface area contributed by atoms with E-state index in [9.17, 15) is 0 Å². The molecule has 4 aromatic rings. The van der Waals surface area contributed by atoms with Gasteiger partial charge in [-0.15, -0.1) is 0 Å². The average Bonchev–Trinajstić information content (AvgIpc) is 3.27. The van der Waals surface area contributed by atoms with Gasteiger partial charge in [0.05, 0.1) is 11.4 Å². The topological polar surface area (TPSA) is 41.6 Å². The van der Waals surface area contributed by atoms with Crippen LogP contribution in [0.5, 0.6) is 0 Å². The molecule has 2 heterocycles. The highest BCUT2D eigenvalue weighted by atomic mass is 15.0. The molecule has 0 fully saturated rings. The molecule has 0 saturated heterocycles. The van der Waals surface area contributed by atoms with Crippen molar-refractivity contribution in [3.63, 3.8) is 0 Å². The maximum absolute atomic E-state index is 5.24. The zero-order valence-electron chi connectivity index (χ0n) is 26.2. The van der Waals surface area contributed by atoms with E-state index < -0.39 is 0 Å². The molecule has 0 aliphatic carbocycles. The summed E-state index contributed by atoms with van der Waals surface area (Å²) in [5.41, 5.74) is 10.5. The highest BCUT2D eigenvalue weighted by molar-refractivity contribution is 5.82. The fraction of sp³-hybridized carbons (Fsp3) is 0.444. The second kappa shape index (κ2) is 9.77. The normalized spacial score (nSPS) is 13.1. The third kappa shape index (κ3) is 6.35. The Balaban J connectivity index is 2.07. The second-order valence-corrected chi connectivity index (χ2v) is 15.1. The Morgan fingerprint density at radius 3 is 1.36 bits per heavy atom. The highest BCUT2D eigenvalue weighted by Gasteiger charge is 2.26. The Kier molecular flexibility index (Phi) is 7.21. The van der Waals surface area contributed by atoms with Crippen LogP contribution in [0.15, 0.2) is 60.8 Å². The number of nitrogens with zero attached hydrogens (tertiary/aromatic N) is 2. The van der Waals surface area contributed by atoms with Crippen LogP contribution < -0.4 is 0 Å². The molecular weight excluding hydrogens is 474 g/mol. The van der Waals surface area contributed by atoms with Gasteiger partial charge < -0.3 is 4.98 Å². The van der Waals surface area contributed by atoms with Crippen molar-refractivity contribution in [2.24, 2.45) is 0 Å². The lowest BCUT2D eigenvalue weighted by Gasteiger charge is -2.27. The number of benzene rings is 2. The average molecular weight is 522 g/mol. The minimum Gasteiger partial charge on any atom is -0.336 e. The number of rotatable bonds is 3. The molecule has 0 amide bonds. The Morgan fingerprint density at radius 1 is 0.538 bits per heavy atom. The van der Waals surface area contributed by atoms with E-state index in [1.165, 1.54) is 22.3 Å². The summed E-state index contributed by atoms with van der Waals surface area (Å²) in [6.07, 6.45) is 1.83. The first-order valence-corrected chi connectivity index (χ1v) is 14.2. The summed E-state index contributed by atoms with van der Waals surface area (Å²) in [6.45, 7) is 27.4. The highest BCUT2D eigenvalue weighted by Crippen LogP contribution is 2.40. The van der Waals surface area contributed by atoms with Crippen molar-refractivity contribution >= 4 is 0 Å². The number of pyridine rings is 1. The molecule has 4 rings (SSSR count). The molecule has 0 atom stereocenters. The molecule has 3 nitrogen and oxygen atoms in total. The van der Waals surface area contributed by atoms with E-state index in [2.05, 4.69) is 129 Å². The summed E-state index contributed by atoms with van der Waals surface area (Å²) in [7, 11) is 0. The predicted octanol–water partition coefficient (Wildman–Crippen LogP) is 10.00. The Hall–Kier alpha value is -3.20. The fourth-order valence-electron chi connectivity index (χ4n) is 4.68. The Bertz CT molecular complexity index is 1300. The number of imidazole rings is 1. The van der Waals surface area contributed by atoms with Crippen molar-refractivity contribution in [3.8, 4) is 34.0 Å². The summed E-state index contributed by atoms with van der Waals surface area (Å²) >= 11 is 0. The quantitative estimate of drug-likeness (QED) is 0.291. The summed E-state index contributed by atoms with van der Waals surface area (Å²) < 4.78 is 0. The molecule has 0 radical (unpaired) electrons. The van der Waals surface area contributed by atoms with Gasteiger partial charge in [0.1, 0.15) is 5.69 Å². The molecule has 2 aromatic heterocycles. The van der Waals surface area contributed by atoms with Crippen LogP contribution in [0.4, 0.5) is 0 Å². The molecule has 0 aliphatic heterocycles. The molecule has 0 saturated carbocycles. The largest absolute Gasteiger partial charge is 0.336 e. The first-order chi connectivity index (χ1) is 17.8. The molecule has 2 aromatic carbocycles. The van der Waals surface area contributed by atoms with Gasteiger partial charge in [-0.3, -0.25) is 4.98 Å². The van der Waals surface area contributed by atoms with Crippen molar-refractivity contribution in [2.45, 2.75) is 105 Å². The maximum atomic E-state index is 5.24. The zero-order chi connectivity index (χ0) is 29.0. The monoisotopic (exact) mass is 521 g/mol. The van der Waals surface area contributed by atoms with Crippen molar-refractivity contribution in [2.75, 3.05) is 0 Å². The van der Waals surface area contributed by atoms with Gasteiger partial charge in [-0.1, -0.05) is 101 Å².